The second-order valence-electron chi connectivity index (χ2n) is 5.05. The van der Waals surface area contributed by atoms with Crippen molar-refractivity contribution in [3.05, 3.63) is 11.9 Å². The van der Waals surface area contributed by atoms with Crippen LogP contribution in [0.5, 0.6) is 0 Å². The van der Waals surface area contributed by atoms with Crippen LogP contribution in [0, 0.1) is 0 Å². The molecule has 10 heteroatoms. The fourth-order valence-corrected chi connectivity index (χ4v) is 4.30. The maximum Gasteiger partial charge on any atom is 0.281 e. The molecule has 0 aliphatic carbocycles. The summed E-state index contributed by atoms with van der Waals surface area (Å²) in [6, 6.07) is 0. The summed E-state index contributed by atoms with van der Waals surface area (Å²) in [5, 5.41) is 6.46. The number of hydrogen-bond donors (Lipinski definition) is 1. The van der Waals surface area contributed by atoms with Crippen molar-refractivity contribution in [2.75, 3.05) is 33.4 Å². The zero-order valence-corrected chi connectivity index (χ0v) is 13.2. The SMILES string of the molecule is CN(C)S(=O)(=O)N1CC[C@@H](c2[nH]ncc2S(C)(=O)=O)C1. The Kier molecular flexibility index (Phi) is 3.93. The summed E-state index contributed by atoms with van der Waals surface area (Å²) < 4.78 is 49.9. The van der Waals surface area contributed by atoms with Gasteiger partial charge >= 0.3 is 0 Å². The van der Waals surface area contributed by atoms with Crippen LogP contribution in [0.3, 0.4) is 0 Å². The van der Waals surface area contributed by atoms with E-state index < -0.39 is 20.0 Å². The highest BCUT2D eigenvalue weighted by atomic mass is 32.2. The molecule has 1 saturated heterocycles. The van der Waals surface area contributed by atoms with Gasteiger partial charge in [-0.1, -0.05) is 0 Å². The van der Waals surface area contributed by atoms with Gasteiger partial charge in [-0.25, -0.2) is 8.42 Å². The first-order valence-corrected chi connectivity index (χ1v) is 9.34. The van der Waals surface area contributed by atoms with Crippen molar-refractivity contribution in [2.24, 2.45) is 0 Å². The van der Waals surface area contributed by atoms with E-state index in [-0.39, 0.29) is 17.4 Å². The lowest BCUT2D eigenvalue weighted by molar-refractivity contribution is 0.418. The Hall–Kier alpha value is -0.970. The number of nitrogens with one attached hydrogen (secondary N) is 1. The highest BCUT2D eigenvalue weighted by Crippen LogP contribution is 2.31. The molecule has 1 N–H and O–H groups in total. The smallest absolute Gasteiger partial charge is 0.281 e. The maximum atomic E-state index is 12.0. The van der Waals surface area contributed by atoms with Gasteiger partial charge in [0.2, 0.25) is 0 Å². The molecule has 0 saturated carbocycles. The summed E-state index contributed by atoms with van der Waals surface area (Å²) in [6.07, 6.45) is 2.95. The Morgan fingerprint density at radius 3 is 2.55 bits per heavy atom. The van der Waals surface area contributed by atoms with Crippen molar-refractivity contribution in [3.63, 3.8) is 0 Å². The van der Waals surface area contributed by atoms with Crippen LogP contribution in [0.1, 0.15) is 18.0 Å². The summed E-state index contributed by atoms with van der Waals surface area (Å²) in [6.45, 7) is 0.624. The van der Waals surface area contributed by atoms with Gasteiger partial charge in [0.1, 0.15) is 4.90 Å². The maximum absolute atomic E-state index is 12.0. The fourth-order valence-electron chi connectivity index (χ4n) is 2.28. The molecule has 1 fully saturated rings. The molecular formula is C10H18N4O4S2. The summed E-state index contributed by atoms with van der Waals surface area (Å²) in [5.74, 6) is -0.183. The highest BCUT2D eigenvalue weighted by Gasteiger charge is 2.36. The minimum atomic E-state index is -3.47. The number of aromatic nitrogens is 2. The quantitative estimate of drug-likeness (QED) is 0.798. The van der Waals surface area contributed by atoms with Crippen molar-refractivity contribution in [1.29, 1.82) is 0 Å². The normalized spacial score (nSPS) is 21.7. The molecule has 0 radical (unpaired) electrons. The van der Waals surface area contributed by atoms with Crippen molar-refractivity contribution in [3.8, 4) is 0 Å². The van der Waals surface area contributed by atoms with Crippen LogP contribution in [0.2, 0.25) is 0 Å². The number of aromatic amines is 1. The van der Waals surface area contributed by atoms with Gasteiger partial charge in [-0.3, -0.25) is 5.10 Å². The fraction of sp³-hybridized carbons (Fsp3) is 0.700. The van der Waals surface area contributed by atoms with Crippen molar-refractivity contribution in [2.45, 2.75) is 17.2 Å². The van der Waals surface area contributed by atoms with Gasteiger partial charge in [-0.2, -0.15) is 22.1 Å². The van der Waals surface area contributed by atoms with Crippen LogP contribution in [0.25, 0.3) is 0 Å². The van der Waals surface area contributed by atoms with Crippen LogP contribution in [0.15, 0.2) is 11.1 Å². The van der Waals surface area contributed by atoms with Crippen LogP contribution in [-0.4, -0.2) is 69.1 Å². The van der Waals surface area contributed by atoms with Gasteiger partial charge in [0.15, 0.2) is 9.84 Å². The lowest BCUT2D eigenvalue weighted by Gasteiger charge is -2.20. The molecule has 1 aliphatic rings. The Balaban J connectivity index is 2.26. The van der Waals surface area contributed by atoms with E-state index in [9.17, 15) is 16.8 Å². The van der Waals surface area contributed by atoms with Crippen LogP contribution in [0.4, 0.5) is 0 Å². The molecule has 114 valence electrons. The third-order valence-electron chi connectivity index (χ3n) is 3.38. The van der Waals surface area contributed by atoms with Crippen LogP contribution >= 0.6 is 0 Å². The zero-order valence-electron chi connectivity index (χ0n) is 11.6. The second kappa shape index (κ2) is 5.10. The van der Waals surface area contributed by atoms with E-state index in [2.05, 4.69) is 10.2 Å². The largest absolute Gasteiger partial charge is 0.281 e. The van der Waals surface area contributed by atoms with Crippen LogP contribution in [-0.2, 0) is 20.0 Å². The molecule has 0 aromatic carbocycles. The summed E-state index contributed by atoms with van der Waals surface area (Å²) in [4.78, 5) is 0.145. The highest BCUT2D eigenvalue weighted by molar-refractivity contribution is 7.90. The lowest BCUT2D eigenvalue weighted by Crippen LogP contribution is -2.38. The monoisotopic (exact) mass is 322 g/mol. The minimum absolute atomic E-state index is 0.145. The van der Waals surface area contributed by atoms with E-state index >= 15 is 0 Å². The number of rotatable bonds is 4. The third kappa shape index (κ3) is 2.73. The zero-order chi connectivity index (χ0) is 15.1. The van der Waals surface area contributed by atoms with Crippen molar-refractivity contribution < 1.29 is 16.8 Å². The average molecular weight is 322 g/mol. The standard InChI is InChI=1S/C10H18N4O4S2/c1-13(2)20(17,18)14-5-4-8(7-14)10-9(6-11-12-10)19(3,15)16/h6,8H,4-5,7H2,1-3H3,(H,11,12)/t8-/m1/s1. The van der Waals surface area contributed by atoms with Crippen LogP contribution < -0.4 is 0 Å². The Labute approximate surface area is 118 Å². The molecule has 1 aromatic rings. The molecule has 1 atom stereocenters. The number of nitrogens with zero attached hydrogens (tertiary/aromatic N) is 3. The topological polar surface area (TPSA) is 103 Å². The van der Waals surface area contributed by atoms with E-state index in [0.29, 0.717) is 18.7 Å². The molecule has 2 heterocycles. The molecule has 8 nitrogen and oxygen atoms in total. The van der Waals surface area contributed by atoms with E-state index in [0.717, 1.165) is 10.6 Å². The Bertz CT molecular complexity index is 693. The molecule has 1 aliphatic heterocycles. The van der Waals surface area contributed by atoms with Gasteiger partial charge < -0.3 is 0 Å². The van der Waals surface area contributed by atoms with Crippen molar-refractivity contribution in [1.82, 2.24) is 18.8 Å². The number of H-pyrrole nitrogens is 1. The van der Waals surface area contributed by atoms with E-state index in [1.165, 1.54) is 24.6 Å². The van der Waals surface area contributed by atoms with E-state index in [1.54, 1.807) is 0 Å². The summed E-state index contributed by atoms with van der Waals surface area (Å²) >= 11 is 0. The molecule has 0 unspecified atom stereocenters. The molecule has 2 rings (SSSR count). The van der Waals surface area contributed by atoms with Gasteiger partial charge in [-0.15, -0.1) is 0 Å². The first-order chi connectivity index (χ1) is 9.14. The number of sulfone groups is 1. The molecule has 0 amide bonds. The van der Waals surface area contributed by atoms with Gasteiger partial charge in [-0.05, 0) is 6.42 Å². The molecule has 0 spiro atoms. The lowest BCUT2D eigenvalue weighted by atomic mass is 10.1. The van der Waals surface area contributed by atoms with Crippen molar-refractivity contribution >= 4 is 20.0 Å². The van der Waals surface area contributed by atoms with Gasteiger partial charge in [0.05, 0.1) is 11.9 Å². The second-order valence-corrected chi connectivity index (χ2v) is 9.18. The average Bonchev–Trinajstić information content (AvgIpc) is 2.96. The first kappa shape index (κ1) is 15.4. The van der Waals surface area contributed by atoms with Gasteiger partial charge in [0, 0.05) is 39.4 Å². The van der Waals surface area contributed by atoms with E-state index in [1.807, 2.05) is 0 Å². The molecule has 0 bridgehead atoms. The predicted octanol–water partition coefficient (Wildman–Crippen LogP) is -0.591. The third-order valence-corrected chi connectivity index (χ3v) is 6.41. The molecular weight excluding hydrogens is 304 g/mol. The Morgan fingerprint density at radius 1 is 1.35 bits per heavy atom. The Morgan fingerprint density at radius 2 is 2.00 bits per heavy atom. The van der Waals surface area contributed by atoms with Gasteiger partial charge in [0.25, 0.3) is 10.2 Å². The summed E-state index contributed by atoms with van der Waals surface area (Å²) in [7, 11) is -3.89. The molecule has 1 aromatic heterocycles. The summed E-state index contributed by atoms with van der Waals surface area (Å²) in [5.41, 5.74) is 0.490. The first-order valence-electron chi connectivity index (χ1n) is 6.05. The minimum Gasteiger partial charge on any atom is -0.281 e. The molecule has 20 heavy (non-hydrogen) atoms. The van der Waals surface area contributed by atoms with E-state index in [4.69, 9.17) is 0 Å². The predicted molar refractivity (Wildman–Crippen MR) is 73.2 cm³/mol. The number of hydrogen-bond acceptors (Lipinski definition) is 5.